The van der Waals surface area contributed by atoms with Gasteiger partial charge in [0.05, 0.1) is 17.9 Å². The molecule has 3 aromatic carbocycles. The van der Waals surface area contributed by atoms with Crippen molar-refractivity contribution in [1.29, 1.82) is 0 Å². The summed E-state index contributed by atoms with van der Waals surface area (Å²) in [5.74, 6) is 1.97. The molecule has 8 bridgehead atoms. The van der Waals surface area contributed by atoms with Gasteiger partial charge in [-0.1, -0.05) is 107 Å². The van der Waals surface area contributed by atoms with Crippen LogP contribution in [0.3, 0.4) is 0 Å². The first-order valence-electron chi connectivity index (χ1n) is 16.8. The third-order valence-electron chi connectivity index (χ3n) is 7.59. The van der Waals surface area contributed by atoms with Crippen LogP contribution in [-0.2, 0) is 27.1 Å². The summed E-state index contributed by atoms with van der Waals surface area (Å²) in [7, 11) is -2.92. The largest absolute Gasteiger partial charge is 2.00 e. The Morgan fingerprint density at radius 2 is 0.923 bits per heavy atom. The Kier molecular flexibility index (Phi) is 11.9. The van der Waals surface area contributed by atoms with Crippen LogP contribution in [0.5, 0.6) is 0 Å². The SMILES string of the molecule is CC.CC.CCNS(C)(=O)=O.[Cu+2].c1ccc2c(c1)-c1nc-2nc2[n-]c(nc3[n-]c(nc4nc(n1)-c1ncccc1-4)c1ccccc31)c1ccccc21. The van der Waals surface area contributed by atoms with Crippen LogP contribution < -0.4 is 14.7 Å². The Morgan fingerprint density at radius 3 is 1.37 bits per heavy atom. The molecule has 0 atom stereocenters. The van der Waals surface area contributed by atoms with E-state index in [1.807, 2.05) is 113 Å². The van der Waals surface area contributed by atoms with Gasteiger partial charge in [-0.25, -0.2) is 28.1 Å². The Balaban J connectivity index is 0.000000390. The van der Waals surface area contributed by atoms with Crippen molar-refractivity contribution in [3.05, 3.63) is 91.1 Å². The Bertz CT molecular complexity index is 2500. The maximum atomic E-state index is 10.1. The van der Waals surface area contributed by atoms with Gasteiger partial charge in [0.25, 0.3) is 0 Å². The first kappa shape index (κ1) is 37.8. The van der Waals surface area contributed by atoms with E-state index in [1.54, 1.807) is 13.1 Å². The van der Waals surface area contributed by atoms with E-state index in [4.69, 9.17) is 39.9 Å². The second-order valence-electron chi connectivity index (χ2n) is 10.8. The van der Waals surface area contributed by atoms with E-state index in [1.165, 1.54) is 0 Å². The van der Waals surface area contributed by atoms with E-state index in [9.17, 15) is 8.42 Å². The molecule has 12 nitrogen and oxygen atoms in total. The minimum Gasteiger partial charge on any atom is -0.357 e. The van der Waals surface area contributed by atoms with Gasteiger partial charge in [0, 0.05) is 52.0 Å². The van der Waals surface area contributed by atoms with E-state index in [2.05, 4.69) is 9.71 Å². The van der Waals surface area contributed by atoms with Crippen LogP contribution in [-0.4, -0.2) is 56.1 Å². The van der Waals surface area contributed by atoms with Crippen LogP contribution >= 0.6 is 0 Å². The second kappa shape index (κ2) is 16.3. The Morgan fingerprint density at radius 1 is 0.538 bits per heavy atom. The van der Waals surface area contributed by atoms with E-state index >= 15 is 0 Å². The quantitative estimate of drug-likeness (QED) is 0.178. The molecule has 9 rings (SSSR count). The van der Waals surface area contributed by atoms with Crippen molar-refractivity contribution in [2.24, 2.45) is 0 Å². The molecule has 0 amide bonds. The number of aromatic nitrogens is 9. The summed E-state index contributed by atoms with van der Waals surface area (Å²) in [6, 6.07) is 27.5. The molecule has 1 radical (unpaired) electrons. The number of nitrogens with zero attached hydrogens (tertiary/aromatic N) is 9. The fourth-order valence-electron chi connectivity index (χ4n) is 5.60. The molecular weight excluding hydrogens is 724 g/mol. The summed E-state index contributed by atoms with van der Waals surface area (Å²) >= 11 is 0. The Labute approximate surface area is 312 Å². The number of hydrogen-bond acceptors (Lipinski definition) is 9. The Hall–Kier alpha value is -5.40. The van der Waals surface area contributed by atoms with Crippen molar-refractivity contribution in [3.63, 3.8) is 0 Å². The molecule has 14 heteroatoms. The number of fused-ring (bicyclic) bond motifs is 20. The topological polar surface area (TPSA) is 165 Å². The van der Waals surface area contributed by atoms with Gasteiger partial charge in [-0.2, -0.15) is 0 Å². The van der Waals surface area contributed by atoms with Crippen molar-refractivity contribution in [2.45, 2.75) is 34.6 Å². The maximum absolute atomic E-state index is 10.1. The number of nitrogens with one attached hydrogen (secondary N) is 1. The standard InChI is InChI=1S/C31H15N9.C3H9NO2S.2C2H6.Cu/c1-2-9-17-16(8-1)24-33-25(17)35-27-20-12-5-6-13-21(20)29(37-27)39-31-23-22(14-7-15-32-23)30(40-31)38-28-19-11-4-3-10-18(19)26(34-24)36-28;1-3-4-7(2,5)6;2*1-2;/h1-15H;4H,3H2,1-2H3;2*1-2H3;/q-2;;;;+2. The fourth-order valence-corrected chi connectivity index (χ4v) is 6.12. The summed E-state index contributed by atoms with van der Waals surface area (Å²) in [6.07, 6.45) is 2.86. The fraction of sp³-hybridized carbons (Fsp3) is 0.184. The van der Waals surface area contributed by atoms with Gasteiger partial charge in [0.15, 0.2) is 11.6 Å². The molecule has 0 aliphatic carbocycles. The summed E-state index contributed by atoms with van der Waals surface area (Å²) in [6.45, 7) is 10.2. The van der Waals surface area contributed by atoms with E-state index in [0.717, 1.165) is 44.5 Å². The van der Waals surface area contributed by atoms with Crippen LogP contribution in [0.4, 0.5) is 0 Å². The minimum absolute atomic E-state index is 0. The predicted octanol–water partition coefficient (Wildman–Crippen LogP) is 7.13. The van der Waals surface area contributed by atoms with Crippen molar-refractivity contribution in [2.75, 3.05) is 12.8 Å². The number of benzene rings is 3. The minimum atomic E-state index is -2.92. The number of sulfonamides is 1. The molecule has 7 aromatic rings. The molecule has 2 aliphatic rings. The van der Waals surface area contributed by atoms with Crippen molar-refractivity contribution in [3.8, 4) is 45.7 Å². The van der Waals surface area contributed by atoms with Crippen molar-refractivity contribution in [1.82, 2.24) is 49.6 Å². The summed E-state index contributed by atoms with van der Waals surface area (Å²) in [5, 5.41) is 3.52. The van der Waals surface area contributed by atoms with Crippen LogP contribution in [0.25, 0.3) is 89.8 Å². The van der Waals surface area contributed by atoms with Gasteiger partial charge in [0.2, 0.25) is 10.0 Å². The van der Waals surface area contributed by atoms with Gasteiger partial charge in [-0.05, 0) is 33.7 Å². The van der Waals surface area contributed by atoms with Crippen molar-refractivity contribution < 1.29 is 25.5 Å². The number of rotatable bonds is 2. The molecule has 0 fully saturated rings. The normalized spacial score (nSPS) is 11.0. The van der Waals surface area contributed by atoms with Gasteiger partial charge in [-0.15, -0.1) is 0 Å². The average molecular weight is 760 g/mol. The zero-order valence-corrected chi connectivity index (χ0v) is 31.2. The van der Waals surface area contributed by atoms with Gasteiger partial charge < -0.3 is 24.9 Å². The molecular formula is C38H36CuN10O2S. The van der Waals surface area contributed by atoms with E-state index in [0.29, 0.717) is 58.1 Å². The summed E-state index contributed by atoms with van der Waals surface area (Å²) < 4.78 is 22.5. The van der Waals surface area contributed by atoms with Crippen LogP contribution in [0.1, 0.15) is 34.6 Å². The van der Waals surface area contributed by atoms with Crippen LogP contribution in [0.15, 0.2) is 91.1 Å². The summed E-state index contributed by atoms with van der Waals surface area (Å²) in [4.78, 5) is 43.6. The zero-order chi connectivity index (χ0) is 36.1. The molecule has 0 unspecified atom stereocenters. The van der Waals surface area contributed by atoms with E-state index in [-0.39, 0.29) is 17.1 Å². The monoisotopic (exact) mass is 759 g/mol. The maximum Gasteiger partial charge on any atom is 2.00 e. The third kappa shape index (κ3) is 7.46. The first-order chi connectivity index (χ1) is 24.9. The molecule has 0 saturated heterocycles. The molecule has 0 saturated carbocycles. The predicted molar refractivity (Wildman–Crippen MR) is 203 cm³/mol. The molecule has 1 N–H and O–H groups in total. The van der Waals surface area contributed by atoms with Crippen LogP contribution in [0.2, 0.25) is 0 Å². The first-order valence-corrected chi connectivity index (χ1v) is 18.6. The van der Waals surface area contributed by atoms with E-state index < -0.39 is 10.0 Å². The average Bonchev–Trinajstić information content (AvgIpc) is 3.89. The van der Waals surface area contributed by atoms with Gasteiger partial charge in [0.1, 0.15) is 5.69 Å². The van der Waals surface area contributed by atoms with Gasteiger partial charge in [-0.3, -0.25) is 4.98 Å². The molecule has 267 valence electrons. The van der Waals surface area contributed by atoms with Crippen LogP contribution in [0, 0.1) is 0 Å². The molecule has 6 heterocycles. The molecule has 4 aromatic heterocycles. The third-order valence-corrected chi connectivity index (χ3v) is 8.40. The zero-order valence-electron chi connectivity index (χ0n) is 29.4. The number of pyridine rings is 1. The molecule has 2 aliphatic heterocycles. The summed E-state index contributed by atoms with van der Waals surface area (Å²) in [5.41, 5.74) is 5.31. The smallest absolute Gasteiger partial charge is 0.357 e. The molecule has 52 heavy (non-hydrogen) atoms. The van der Waals surface area contributed by atoms with Crippen molar-refractivity contribution >= 4 is 54.2 Å². The van der Waals surface area contributed by atoms with Gasteiger partial charge >= 0.3 is 17.1 Å². The second-order valence-corrected chi connectivity index (χ2v) is 12.6. The number of hydrogen-bond donors (Lipinski definition) is 1. The molecule has 0 spiro atoms.